The van der Waals surface area contributed by atoms with Crippen LogP contribution in [0.25, 0.3) is 11.1 Å². The minimum atomic E-state index is -0.658. The molecule has 4 rings (SSSR count). The number of rotatable bonds is 8. The molecule has 33 heavy (non-hydrogen) atoms. The molecular weight excluding hydrogens is 416 g/mol. The highest BCUT2D eigenvalue weighted by molar-refractivity contribution is 6.02. The number of anilines is 1. The number of hydrogen-bond acceptors (Lipinski definition) is 4. The molecule has 0 spiro atoms. The molecule has 2 N–H and O–H groups in total. The van der Waals surface area contributed by atoms with Gasteiger partial charge in [0.05, 0.1) is 6.26 Å². The summed E-state index contributed by atoms with van der Waals surface area (Å²) in [5.41, 5.74) is 3.67. The number of nitrogens with one attached hydrogen (secondary N) is 2. The molecule has 1 atom stereocenters. The van der Waals surface area contributed by atoms with E-state index in [2.05, 4.69) is 10.6 Å². The maximum absolute atomic E-state index is 12.5. The number of carbonyl (C=O) groups excluding carboxylic acids is 2. The monoisotopic (exact) mass is 440 g/mol. The van der Waals surface area contributed by atoms with Gasteiger partial charge in [0.2, 0.25) is 0 Å². The van der Waals surface area contributed by atoms with Gasteiger partial charge in [-0.1, -0.05) is 54.6 Å². The average Bonchev–Trinajstić information content (AvgIpc) is 3.39. The first-order valence-electron chi connectivity index (χ1n) is 10.6. The van der Waals surface area contributed by atoms with Crippen molar-refractivity contribution >= 4 is 17.5 Å². The molecule has 0 bridgehead atoms. The van der Waals surface area contributed by atoms with Crippen molar-refractivity contribution in [1.82, 2.24) is 5.32 Å². The van der Waals surface area contributed by atoms with Gasteiger partial charge in [-0.15, -0.1) is 0 Å². The zero-order chi connectivity index (χ0) is 23.0. The Morgan fingerprint density at radius 3 is 2.36 bits per heavy atom. The lowest BCUT2D eigenvalue weighted by Crippen LogP contribution is -2.35. The van der Waals surface area contributed by atoms with Gasteiger partial charge in [0.25, 0.3) is 11.8 Å². The van der Waals surface area contributed by atoms with Crippen LogP contribution in [0.1, 0.15) is 23.0 Å². The van der Waals surface area contributed by atoms with Crippen LogP contribution in [0.2, 0.25) is 0 Å². The number of benzene rings is 3. The average molecular weight is 440 g/mol. The van der Waals surface area contributed by atoms with E-state index in [1.54, 1.807) is 31.2 Å². The Morgan fingerprint density at radius 1 is 0.879 bits per heavy atom. The van der Waals surface area contributed by atoms with Crippen molar-refractivity contribution in [3.63, 3.8) is 0 Å². The Bertz CT molecular complexity index is 1200. The molecule has 1 unspecified atom stereocenters. The molecule has 0 fully saturated rings. The summed E-state index contributed by atoms with van der Waals surface area (Å²) in [6, 6.07) is 28.2. The smallest absolute Gasteiger partial charge is 0.291 e. The molecule has 0 saturated carbocycles. The molecule has 3 aromatic carbocycles. The maximum atomic E-state index is 12.5. The molecule has 1 aromatic heterocycles. The van der Waals surface area contributed by atoms with Crippen LogP contribution in [0.4, 0.5) is 5.69 Å². The standard InChI is InChI=1S/C27H24N2O4/c1-19(33-24-14-12-22(13-15-24)21-8-3-2-4-9-21)26(30)28-18-20-7-5-10-23(17-20)29-27(31)25-11-6-16-32-25/h2-17,19H,18H2,1H3,(H,28,30)(H,29,31). The molecule has 6 heteroatoms. The summed E-state index contributed by atoms with van der Waals surface area (Å²) >= 11 is 0. The van der Waals surface area contributed by atoms with E-state index in [4.69, 9.17) is 9.15 Å². The number of hydrogen-bond donors (Lipinski definition) is 2. The van der Waals surface area contributed by atoms with Crippen LogP contribution < -0.4 is 15.4 Å². The van der Waals surface area contributed by atoms with Gasteiger partial charge in [0, 0.05) is 12.2 Å². The highest BCUT2D eigenvalue weighted by Gasteiger charge is 2.15. The predicted molar refractivity (Wildman–Crippen MR) is 127 cm³/mol. The SMILES string of the molecule is CC(Oc1ccc(-c2ccccc2)cc1)C(=O)NCc1cccc(NC(=O)c2ccco2)c1. The van der Waals surface area contributed by atoms with E-state index in [-0.39, 0.29) is 17.6 Å². The van der Waals surface area contributed by atoms with E-state index in [0.717, 1.165) is 16.7 Å². The summed E-state index contributed by atoms with van der Waals surface area (Å²) in [7, 11) is 0. The Balaban J connectivity index is 1.29. The second-order valence-corrected chi connectivity index (χ2v) is 7.50. The third kappa shape index (κ3) is 5.89. The summed E-state index contributed by atoms with van der Waals surface area (Å²) in [6.07, 6.45) is 0.788. The van der Waals surface area contributed by atoms with Gasteiger partial charge in [-0.05, 0) is 60.0 Å². The quantitative estimate of drug-likeness (QED) is 0.391. The Morgan fingerprint density at radius 2 is 1.64 bits per heavy atom. The maximum Gasteiger partial charge on any atom is 0.291 e. The zero-order valence-corrected chi connectivity index (χ0v) is 18.2. The fraction of sp³-hybridized carbons (Fsp3) is 0.111. The van der Waals surface area contributed by atoms with Gasteiger partial charge < -0.3 is 19.8 Å². The van der Waals surface area contributed by atoms with Crippen molar-refractivity contribution in [2.45, 2.75) is 19.6 Å². The van der Waals surface area contributed by atoms with Crippen LogP contribution in [0.5, 0.6) is 5.75 Å². The third-order valence-corrected chi connectivity index (χ3v) is 5.04. The number of furan rings is 1. The Hall–Kier alpha value is -4.32. The number of amides is 2. The predicted octanol–water partition coefficient (Wildman–Crippen LogP) is 5.28. The van der Waals surface area contributed by atoms with Crippen molar-refractivity contribution < 1.29 is 18.7 Å². The molecule has 4 aromatic rings. The van der Waals surface area contributed by atoms with Crippen molar-refractivity contribution in [1.29, 1.82) is 0 Å². The zero-order valence-electron chi connectivity index (χ0n) is 18.2. The molecule has 1 heterocycles. The van der Waals surface area contributed by atoms with Gasteiger partial charge in [-0.2, -0.15) is 0 Å². The first-order chi connectivity index (χ1) is 16.1. The van der Waals surface area contributed by atoms with Crippen molar-refractivity contribution in [3.8, 4) is 16.9 Å². The number of ether oxygens (including phenoxy) is 1. The number of carbonyl (C=O) groups is 2. The van der Waals surface area contributed by atoms with Crippen LogP contribution >= 0.6 is 0 Å². The third-order valence-electron chi connectivity index (χ3n) is 5.04. The summed E-state index contributed by atoms with van der Waals surface area (Å²) in [5, 5.41) is 5.64. The lowest BCUT2D eigenvalue weighted by atomic mass is 10.1. The summed E-state index contributed by atoms with van der Waals surface area (Å²) in [4.78, 5) is 24.6. The molecule has 166 valence electrons. The van der Waals surface area contributed by atoms with E-state index < -0.39 is 6.10 Å². The van der Waals surface area contributed by atoms with Gasteiger partial charge >= 0.3 is 0 Å². The first-order valence-corrected chi connectivity index (χ1v) is 10.6. The highest BCUT2D eigenvalue weighted by Crippen LogP contribution is 2.22. The Labute approximate surface area is 192 Å². The van der Waals surface area contributed by atoms with E-state index in [1.165, 1.54) is 6.26 Å². The minimum absolute atomic E-state index is 0.229. The topological polar surface area (TPSA) is 80.6 Å². The molecule has 6 nitrogen and oxygen atoms in total. The van der Waals surface area contributed by atoms with E-state index in [0.29, 0.717) is 18.0 Å². The van der Waals surface area contributed by atoms with Crippen molar-refractivity contribution in [2.24, 2.45) is 0 Å². The Kier molecular flexibility index (Phi) is 6.85. The molecule has 0 saturated heterocycles. The molecule has 2 amide bonds. The van der Waals surface area contributed by atoms with E-state index >= 15 is 0 Å². The van der Waals surface area contributed by atoms with Gasteiger partial charge in [-0.25, -0.2) is 0 Å². The second kappa shape index (κ2) is 10.3. The largest absolute Gasteiger partial charge is 0.481 e. The van der Waals surface area contributed by atoms with Crippen LogP contribution in [0.3, 0.4) is 0 Å². The molecule has 0 aliphatic heterocycles. The fourth-order valence-electron chi connectivity index (χ4n) is 3.31. The van der Waals surface area contributed by atoms with E-state index in [1.807, 2.05) is 66.7 Å². The van der Waals surface area contributed by atoms with Crippen molar-refractivity contribution in [3.05, 3.63) is 109 Å². The summed E-state index contributed by atoms with van der Waals surface area (Å²) in [5.74, 6) is 0.296. The molecule has 0 radical (unpaired) electrons. The van der Waals surface area contributed by atoms with Crippen LogP contribution in [0.15, 0.2) is 102 Å². The summed E-state index contributed by atoms with van der Waals surface area (Å²) < 4.78 is 10.9. The second-order valence-electron chi connectivity index (χ2n) is 7.50. The summed E-state index contributed by atoms with van der Waals surface area (Å²) in [6.45, 7) is 2.02. The van der Waals surface area contributed by atoms with Crippen molar-refractivity contribution in [2.75, 3.05) is 5.32 Å². The van der Waals surface area contributed by atoms with E-state index in [9.17, 15) is 9.59 Å². The lowest BCUT2D eigenvalue weighted by Gasteiger charge is -2.15. The molecule has 0 aliphatic rings. The lowest BCUT2D eigenvalue weighted by molar-refractivity contribution is -0.127. The van der Waals surface area contributed by atoms with Gasteiger partial charge in [-0.3, -0.25) is 9.59 Å². The normalized spacial score (nSPS) is 11.4. The fourth-order valence-corrected chi connectivity index (χ4v) is 3.31. The minimum Gasteiger partial charge on any atom is -0.481 e. The van der Waals surface area contributed by atoms with Crippen LogP contribution in [0, 0.1) is 0 Å². The van der Waals surface area contributed by atoms with Crippen LogP contribution in [-0.2, 0) is 11.3 Å². The first kappa shape index (κ1) is 21.9. The van der Waals surface area contributed by atoms with Gasteiger partial charge in [0.15, 0.2) is 11.9 Å². The molecule has 0 aliphatic carbocycles. The molecular formula is C27H24N2O4. The van der Waals surface area contributed by atoms with Crippen LogP contribution in [-0.4, -0.2) is 17.9 Å². The highest BCUT2D eigenvalue weighted by atomic mass is 16.5. The van der Waals surface area contributed by atoms with Gasteiger partial charge in [0.1, 0.15) is 5.75 Å².